The number of carbonyl (C=O) groups excluding carboxylic acids is 2. The van der Waals surface area contributed by atoms with E-state index in [0.29, 0.717) is 60.1 Å². The zero-order chi connectivity index (χ0) is 72.4. The number of hydrogen-bond donors (Lipinski definition) is 6. The number of halogens is 1. The van der Waals surface area contributed by atoms with Crippen LogP contribution in [-0.4, -0.2) is 91.9 Å². The zero-order valence-corrected chi connectivity index (χ0v) is 62.3. The molecule has 17 nitrogen and oxygen atoms in total. The number of phenols is 4. The van der Waals surface area contributed by atoms with Gasteiger partial charge >= 0.3 is 0 Å². The van der Waals surface area contributed by atoms with Crippen molar-refractivity contribution in [3.8, 4) is 91.3 Å². The molecule has 0 aliphatic carbocycles. The van der Waals surface area contributed by atoms with Crippen molar-refractivity contribution in [2.75, 3.05) is 60.0 Å². The average Bonchev–Trinajstić information content (AvgIpc) is 1.64. The van der Waals surface area contributed by atoms with E-state index in [4.69, 9.17) is 48.1 Å². The van der Waals surface area contributed by atoms with Gasteiger partial charge in [-0.25, -0.2) is 4.20 Å². The molecule has 12 rings (SSSR count). The number of fused-ring (bicyclic) bond motifs is 4. The molecule has 0 saturated carbocycles. The largest absolute Gasteiger partial charge is 0.504 e. The molecule has 12 aromatic rings. The summed E-state index contributed by atoms with van der Waals surface area (Å²) in [6, 6.07) is 44.9. The van der Waals surface area contributed by atoms with E-state index in [2.05, 4.69) is 43.5 Å². The molecular formula is C81H95FN2O15P2S4. The lowest BCUT2D eigenvalue weighted by Crippen LogP contribution is -2.11. The number of primary amides is 1. The second kappa shape index (κ2) is 41.3. The number of nitrogens with two attached hydrogens (primary N) is 2. The molecule has 4 aromatic heterocycles. The van der Waals surface area contributed by atoms with Gasteiger partial charge in [0, 0.05) is 56.6 Å². The van der Waals surface area contributed by atoms with Crippen LogP contribution in [0.4, 0.5) is 4.20 Å². The Balaban J connectivity index is 0.000000249. The topological polar surface area (TPSA) is 274 Å². The van der Waals surface area contributed by atoms with E-state index >= 15 is 0 Å². The number of benzene rings is 8. The molecule has 0 bridgehead atoms. The maximum atomic E-state index is 13.2. The van der Waals surface area contributed by atoms with Gasteiger partial charge in [0.1, 0.15) is 45.4 Å². The Morgan fingerprint density at radius 3 is 0.962 bits per heavy atom. The Kier molecular flexibility index (Phi) is 34.2. The summed E-state index contributed by atoms with van der Waals surface area (Å²) >= 11 is 6.45. The number of rotatable bonds is 26. The van der Waals surface area contributed by atoms with E-state index in [1.54, 1.807) is 97.0 Å². The smallest absolute Gasteiger partial charge is 0.245 e. The van der Waals surface area contributed by atoms with Gasteiger partial charge in [0.15, 0.2) is 51.5 Å². The van der Waals surface area contributed by atoms with Gasteiger partial charge < -0.3 is 68.5 Å². The quantitative estimate of drug-likeness (QED) is 0.0217. The number of aryl methyl sites for hydroxylation is 4. The summed E-state index contributed by atoms with van der Waals surface area (Å²) in [5.41, 5.74) is 21.3. The van der Waals surface area contributed by atoms with Gasteiger partial charge in [-0.15, -0.1) is 47.0 Å². The number of hydrogen-bond acceptors (Lipinski definition) is 20. The molecule has 8 aromatic carbocycles. The molecule has 560 valence electrons. The molecule has 0 saturated heterocycles. The predicted molar refractivity (Wildman–Crippen MR) is 436 cm³/mol. The monoisotopic (exact) mass is 1540 g/mol. The summed E-state index contributed by atoms with van der Waals surface area (Å²) < 4.78 is 68.8. The second-order valence-corrected chi connectivity index (χ2v) is 28.9. The Morgan fingerprint density at radius 2 is 0.714 bits per heavy atom. The number of thioether (sulfide) groups is 4. The molecule has 24 heteroatoms. The number of unbranched alkanes of at least 4 members (excludes halogenated alkanes) is 1. The summed E-state index contributed by atoms with van der Waals surface area (Å²) in [7, 11) is 2.76. The molecular weight excluding hydrogens is 1450 g/mol. The number of carbonyl (C=O) groups is 2. The first-order valence-electron chi connectivity index (χ1n) is 32.0. The van der Waals surface area contributed by atoms with Gasteiger partial charge in [-0.2, -0.15) is 0 Å². The van der Waals surface area contributed by atoms with Crippen LogP contribution in [0.3, 0.4) is 0 Å². The van der Waals surface area contributed by atoms with Crippen LogP contribution >= 0.6 is 63.1 Å². The van der Waals surface area contributed by atoms with Crippen molar-refractivity contribution in [2.45, 2.75) is 114 Å². The third-order valence-corrected chi connectivity index (χ3v) is 21.6. The van der Waals surface area contributed by atoms with Crippen molar-refractivity contribution in [3.05, 3.63) is 168 Å². The average molecular weight is 1550 g/mol. The molecule has 0 spiro atoms. The molecule has 105 heavy (non-hydrogen) atoms. The standard InChI is InChI=1S/C20H22O3S.C19H17FO5P2S.C19H19NO4S.C19H21NO3S.4CH4/c1-4-5-6-13-7-10-17-15(11-13)20(24-3)19(23-17)14-8-9-16(21)18(12-14)22-2;1-24-16-10-12(5-6-14(16)21)18-19(28-2)13-9-11(3-7-15(13)25-18)4-8-17(22)27(20)26-23;1-23-16-10-12(5-6-14(16)21)18-19(25-2)13-9-11(4-8-17(20)22)3-7-15(13)24-18;1-22-17-11-13(6-7-15(17)21)18-19(24-2)14-10-12(4-3-9-20)5-8-16(14)23-18;;;;/h7-12,21H,4-6H2,1-3H3;3,5-7,9-10,21H,4,8H2,1-2H3;3,5-7,9-10,21H,4,8H2,1-2H3,(H2,20,22);5-8,10-11,21H,3-4,9,20H2,1-2H3;4*1H4. The number of ether oxygens (including phenoxy) is 4. The normalized spacial score (nSPS) is 11.0. The van der Waals surface area contributed by atoms with Gasteiger partial charge in [0.2, 0.25) is 22.0 Å². The highest BCUT2D eigenvalue weighted by molar-refractivity contribution is 8.21. The molecule has 1 atom stereocenters. The van der Waals surface area contributed by atoms with Gasteiger partial charge in [0.05, 0.1) is 48.0 Å². The predicted octanol–water partition coefficient (Wildman–Crippen LogP) is 23.4. The first-order valence-corrected chi connectivity index (χ1v) is 39.7. The second-order valence-electron chi connectivity index (χ2n) is 22.9. The molecule has 1 unspecified atom stereocenters. The summed E-state index contributed by atoms with van der Waals surface area (Å²) in [5, 5.41) is 43.4. The lowest BCUT2D eigenvalue weighted by Gasteiger charge is -2.06. The van der Waals surface area contributed by atoms with E-state index in [-0.39, 0.29) is 65.0 Å². The van der Waals surface area contributed by atoms with Crippen LogP contribution in [0.15, 0.2) is 183 Å². The van der Waals surface area contributed by atoms with E-state index < -0.39 is 21.6 Å². The maximum absolute atomic E-state index is 13.2. The van der Waals surface area contributed by atoms with Gasteiger partial charge in [-0.05, 0) is 214 Å². The summed E-state index contributed by atoms with van der Waals surface area (Å²) in [4.78, 5) is 26.7. The Bertz CT molecular complexity index is 4750. The van der Waals surface area contributed by atoms with Crippen molar-refractivity contribution in [3.63, 3.8) is 0 Å². The maximum Gasteiger partial charge on any atom is 0.245 e. The zero-order valence-electron chi connectivity index (χ0n) is 57.3. The van der Waals surface area contributed by atoms with Gasteiger partial charge in [-0.1, -0.05) is 67.3 Å². The number of aromatic hydroxyl groups is 4. The van der Waals surface area contributed by atoms with E-state index in [9.17, 15) is 38.8 Å². The fraction of sp³-hybridized carbons (Fsp3) is 0.284. The lowest BCUT2D eigenvalue weighted by atomic mass is 10.1. The summed E-state index contributed by atoms with van der Waals surface area (Å²) in [6.45, 7) is 2.90. The first-order chi connectivity index (χ1) is 48.9. The van der Waals surface area contributed by atoms with Crippen LogP contribution in [0.1, 0.15) is 91.0 Å². The van der Waals surface area contributed by atoms with Crippen LogP contribution in [-0.2, 0) is 39.8 Å². The minimum atomic E-state index is -2.59. The van der Waals surface area contributed by atoms with Crippen molar-refractivity contribution < 1.29 is 75.4 Å². The van der Waals surface area contributed by atoms with Crippen LogP contribution in [0.2, 0.25) is 0 Å². The van der Waals surface area contributed by atoms with E-state index in [1.807, 2.05) is 79.4 Å². The van der Waals surface area contributed by atoms with Crippen molar-refractivity contribution in [2.24, 2.45) is 11.5 Å². The molecule has 0 aliphatic rings. The highest BCUT2D eigenvalue weighted by Gasteiger charge is 2.24. The third-order valence-electron chi connectivity index (χ3n) is 16.5. The summed E-state index contributed by atoms with van der Waals surface area (Å²) in [5.74, 6) is 4.71. The van der Waals surface area contributed by atoms with E-state index in [1.165, 1.54) is 57.1 Å². The van der Waals surface area contributed by atoms with E-state index in [0.717, 1.165) is 128 Å². The minimum Gasteiger partial charge on any atom is -0.504 e. The third kappa shape index (κ3) is 20.9. The van der Waals surface area contributed by atoms with Gasteiger partial charge in [0.25, 0.3) is 0 Å². The molecule has 0 radical (unpaired) electrons. The van der Waals surface area contributed by atoms with Crippen molar-refractivity contribution in [1.82, 2.24) is 0 Å². The summed E-state index contributed by atoms with van der Waals surface area (Å²) in [6.07, 6.45) is 14.7. The van der Waals surface area contributed by atoms with Crippen molar-refractivity contribution >= 4 is 118 Å². The first kappa shape index (κ1) is 86.9. The Hall–Kier alpha value is -8.72. The Morgan fingerprint density at radius 1 is 0.438 bits per heavy atom. The number of methoxy groups -OCH3 is 4. The minimum absolute atomic E-state index is 0. The Labute approximate surface area is 634 Å². The van der Waals surface area contributed by atoms with Gasteiger partial charge in [-0.3, -0.25) is 14.2 Å². The van der Waals surface area contributed by atoms with Crippen molar-refractivity contribution in [1.29, 1.82) is 0 Å². The lowest BCUT2D eigenvalue weighted by molar-refractivity contribution is -0.118. The number of furan rings is 4. The molecule has 8 N–H and O–H groups in total. The van der Waals surface area contributed by atoms with Crippen LogP contribution in [0.25, 0.3) is 89.2 Å². The molecule has 0 aliphatic heterocycles. The van der Waals surface area contributed by atoms with Crippen LogP contribution in [0, 0.1) is 0 Å². The fourth-order valence-corrected chi connectivity index (χ4v) is 15.2. The molecule has 1 amide bonds. The molecule has 4 heterocycles. The number of phenolic OH excluding ortho intramolecular Hbond substituents is 4. The van der Waals surface area contributed by atoms with Crippen LogP contribution < -0.4 is 30.4 Å². The number of amides is 1. The highest BCUT2D eigenvalue weighted by atomic mass is 32.2. The SMILES string of the molecule is C.C.C.C.CCCCc1ccc2oc(-c3ccc(O)c(OC)c3)c(SC)c2c1.COc1cc(-c2oc3ccc(CCC(=O)P(F)P=O)cc3c2SC)ccc1O.COc1cc(-c2oc3ccc(CCC(N)=O)cc3c2SC)ccc1O.COc1cc(-c2oc3ccc(CCCN)cc3c2SC)ccc1O. The fourth-order valence-electron chi connectivity index (χ4n) is 11.3. The molecule has 0 fully saturated rings. The highest BCUT2D eigenvalue weighted by Crippen LogP contribution is 2.52. The van der Waals surface area contributed by atoms with Crippen LogP contribution in [0.5, 0.6) is 46.0 Å².